The van der Waals surface area contributed by atoms with Crippen molar-refractivity contribution in [1.29, 1.82) is 0 Å². The van der Waals surface area contributed by atoms with Gasteiger partial charge in [-0.3, -0.25) is 9.59 Å². The lowest BCUT2D eigenvalue weighted by Gasteiger charge is -2.25. The number of anilines is 1. The van der Waals surface area contributed by atoms with Gasteiger partial charge in [-0.2, -0.15) is 0 Å². The van der Waals surface area contributed by atoms with Gasteiger partial charge in [0.05, 0.1) is 12.1 Å². The Morgan fingerprint density at radius 2 is 2.25 bits per heavy atom. The Morgan fingerprint density at radius 1 is 1.40 bits per heavy atom. The van der Waals surface area contributed by atoms with Crippen LogP contribution in [0.1, 0.15) is 11.1 Å². The summed E-state index contributed by atoms with van der Waals surface area (Å²) in [4.78, 5) is 28.2. The van der Waals surface area contributed by atoms with Gasteiger partial charge >= 0.3 is 0 Å². The summed E-state index contributed by atoms with van der Waals surface area (Å²) in [5.41, 5.74) is 4.02. The molecule has 2 heterocycles. The van der Waals surface area contributed by atoms with Crippen LogP contribution in [0.4, 0.5) is 5.13 Å². The third kappa shape index (κ3) is 2.30. The number of nitrogens with one attached hydrogen (secondary N) is 1. The zero-order valence-corrected chi connectivity index (χ0v) is 11.7. The fourth-order valence-electron chi connectivity index (χ4n) is 2.27. The standard InChI is InChI=1S/C14H13N3O2S/c1-17-6-10-3-2-9(4-11(10)5-13(17)19)12-7-20-14(16-12)15-8-18/h2-4,7-8H,5-6H2,1H3,(H,15,16,18). The van der Waals surface area contributed by atoms with Gasteiger partial charge in [0.2, 0.25) is 12.3 Å². The van der Waals surface area contributed by atoms with E-state index in [0.29, 0.717) is 24.5 Å². The molecule has 2 amide bonds. The van der Waals surface area contributed by atoms with Crippen LogP contribution in [0, 0.1) is 0 Å². The van der Waals surface area contributed by atoms with E-state index in [1.165, 1.54) is 16.9 Å². The molecule has 0 radical (unpaired) electrons. The fraction of sp³-hybridized carbons (Fsp3) is 0.214. The molecule has 0 saturated heterocycles. The maximum absolute atomic E-state index is 11.8. The van der Waals surface area contributed by atoms with E-state index in [9.17, 15) is 9.59 Å². The molecule has 1 aliphatic heterocycles. The highest BCUT2D eigenvalue weighted by Gasteiger charge is 2.20. The number of carbonyl (C=O) groups excluding carboxylic acids is 2. The second-order valence-corrected chi connectivity index (χ2v) is 5.57. The van der Waals surface area contributed by atoms with E-state index in [1.807, 2.05) is 30.6 Å². The summed E-state index contributed by atoms with van der Waals surface area (Å²) in [5, 5.41) is 5.00. The van der Waals surface area contributed by atoms with Crippen LogP contribution in [0.5, 0.6) is 0 Å². The van der Waals surface area contributed by atoms with Crippen LogP contribution in [-0.2, 0) is 22.6 Å². The van der Waals surface area contributed by atoms with E-state index in [4.69, 9.17) is 0 Å². The largest absolute Gasteiger partial charge is 0.341 e. The maximum atomic E-state index is 11.8. The van der Waals surface area contributed by atoms with Gasteiger partial charge in [0.25, 0.3) is 0 Å². The molecule has 2 aromatic rings. The van der Waals surface area contributed by atoms with Crippen molar-refractivity contribution in [3.63, 3.8) is 0 Å². The summed E-state index contributed by atoms with van der Waals surface area (Å²) in [7, 11) is 1.82. The predicted octanol–water partition coefficient (Wildman–Crippen LogP) is 1.89. The minimum atomic E-state index is 0.135. The van der Waals surface area contributed by atoms with Gasteiger partial charge in [0, 0.05) is 24.5 Å². The molecule has 1 aromatic heterocycles. The van der Waals surface area contributed by atoms with Crippen LogP contribution in [0.25, 0.3) is 11.3 Å². The molecule has 0 saturated carbocycles. The molecular formula is C14H13N3O2S. The summed E-state index contributed by atoms with van der Waals surface area (Å²) in [6.45, 7) is 0.656. The number of nitrogens with zero attached hydrogens (tertiary/aromatic N) is 2. The summed E-state index contributed by atoms with van der Waals surface area (Å²) in [5.74, 6) is 0.135. The van der Waals surface area contributed by atoms with E-state index in [1.54, 1.807) is 4.90 Å². The second kappa shape index (κ2) is 5.05. The van der Waals surface area contributed by atoms with E-state index >= 15 is 0 Å². The zero-order chi connectivity index (χ0) is 14.1. The van der Waals surface area contributed by atoms with Crippen molar-refractivity contribution >= 4 is 28.8 Å². The Morgan fingerprint density at radius 3 is 3.05 bits per heavy atom. The van der Waals surface area contributed by atoms with Gasteiger partial charge in [-0.1, -0.05) is 12.1 Å². The van der Waals surface area contributed by atoms with Crippen molar-refractivity contribution in [2.75, 3.05) is 12.4 Å². The highest BCUT2D eigenvalue weighted by molar-refractivity contribution is 7.14. The van der Waals surface area contributed by atoms with E-state index < -0.39 is 0 Å². The van der Waals surface area contributed by atoms with Gasteiger partial charge in [0.15, 0.2) is 5.13 Å². The minimum absolute atomic E-state index is 0.135. The first kappa shape index (κ1) is 12.8. The monoisotopic (exact) mass is 287 g/mol. The second-order valence-electron chi connectivity index (χ2n) is 4.71. The first-order chi connectivity index (χ1) is 9.67. The summed E-state index contributed by atoms with van der Waals surface area (Å²) in [6, 6.07) is 6.06. The molecule has 5 nitrogen and oxygen atoms in total. The van der Waals surface area contributed by atoms with Crippen molar-refractivity contribution in [3.8, 4) is 11.3 Å². The Balaban J connectivity index is 1.93. The Hall–Kier alpha value is -2.21. The SMILES string of the molecule is CN1Cc2ccc(-c3csc(NC=O)n3)cc2CC1=O. The van der Waals surface area contributed by atoms with E-state index in [0.717, 1.165) is 16.8 Å². The first-order valence-electron chi connectivity index (χ1n) is 6.19. The number of amides is 2. The number of carbonyl (C=O) groups is 2. The highest BCUT2D eigenvalue weighted by Crippen LogP contribution is 2.28. The lowest BCUT2D eigenvalue weighted by Crippen LogP contribution is -2.32. The number of benzene rings is 1. The molecule has 1 aromatic carbocycles. The van der Waals surface area contributed by atoms with Gasteiger partial charge in [-0.25, -0.2) is 4.98 Å². The minimum Gasteiger partial charge on any atom is -0.341 e. The Kier molecular flexibility index (Phi) is 3.23. The highest BCUT2D eigenvalue weighted by atomic mass is 32.1. The van der Waals surface area contributed by atoms with Crippen molar-refractivity contribution in [1.82, 2.24) is 9.88 Å². The van der Waals surface area contributed by atoms with Gasteiger partial charge in [-0.15, -0.1) is 11.3 Å². The lowest BCUT2D eigenvalue weighted by molar-refractivity contribution is -0.130. The number of thiazole rings is 1. The van der Waals surface area contributed by atoms with Crippen LogP contribution in [0.2, 0.25) is 0 Å². The number of hydrogen-bond donors (Lipinski definition) is 1. The topological polar surface area (TPSA) is 62.3 Å². The molecule has 1 aliphatic rings. The first-order valence-corrected chi connectivity index (χ1v) is 7.07. The molecule has 1 N–H and O–H groups in total. The Bertz CT molecular complexity index is 681. The number of aromatic nitrogens is 1. The summed E-state index contributed by atoms with van der Waals surface area (Å²) >= 11 is 1.38. The maximum Gasteiger partial charge on any atom is 0.227 e. The summed E-state index contributed by atoms with van der Waals surface area (Å²) < 4.78 is 0. The molecule has 0 spiro atoms. The molecule has 3 rings (SSSR count). The number of likely N-dealkylation sites (N-methyl/N-ethyl adjacent to an activating group) is 1. The molecule has 102 valence electrons. The summed E-state index contributed by atoms with van der Waals surface area (Å²) in [6.07, 6.45) is 1.05. The predicted molar refractivity (Wildman–Crippen MR) is 77.4 cm³/mol. The average Bonchev–Trinajstić information content (AvgIpc) is 2.89. The van der Waals surface area contributed by atoms with Crippen LogP contribution in [0.15, 0.2) is 23.6 Å². The van der Waals surface area contributed by atoms with Crippen molar-refractivity contribution < 1.29 is 9.59 Å². The lowest BCUT2D eigenvalue weighted by atomic mass is 9.96. The van der Waals surface area contributed by atoms with Crippen LogP contribution in [-0.4, -0.2) is 29.2 Å². The fourth-order valence-corrected chi connectivity index (χ4v) is 2.95. The molecule has 0 bridgehead atoms. The van der Waals surface area contributed by atoms with Crippen LogP contribution in [0.3, 0.4) is 0 Å². The number of rotatable bonds is 3. The normalized spacial score (nSPS) is 14.1. The third-order valence-corrected chi connectivity index (χ3v) is 4.14. The van der Waals surface area contributed by atoms with Crippen molar-refractivity contribution in [3.05, 3.63) is 34.7 Å². The van der Waals surface area contributed by atoms with E-state index in [2.05, 4.69) is 10.3 Å². The number of fused-ring (bicyclic) bond motifs is 1. The molecule has 20 heavy (non-hydrogen) atoms. The van der Waals surface area contributed by atoms with Gasteiger partial charge in [0.1, 0.15) is 0 Å². The van der Waals surface area contributed by atoms with Gasteiger partial charge < -0.3 is 10.2 Å². The van der Waals surface area contributed by atoms with Crippen LogP contribution >= 0.6 is 11.3 Å². The van der Waals surface area contributed by atoms with E-state index in [-0.39, 0.29) is 5.91 Å². The Labute approximate surface area is 120 Å². The average molecular weight is 287 g/mol. The molecule has 0 fully saturated rings. The van der Waals surface area contributed by atoms with Gasteiger partial charge in [-0.05, 0) is 17.2 Å². The zero-order valence-electron chi connectivity index (χ0n) is 10.9. The quantitative estimate of drug-likeness (QED) is 0.877. The van der Waals surface area contributed by atoms with Crippen molar-refractivity contribution in [2.24, 2.45) is 0 Å². The molecular weight excluding hydrogens is 274 g/mol. The van der Waals surface area contributed by atoms with Crippen molar-refractivity contribution in [2.45, 2.75) is 13.0 Å². The molecule has 0 aliphatic carbocycles. The molecule has 6 heteroatoms. The molecule has 0 atom stereocenters. The third-order valence-electron chi connectivity index (χ3n) is 3.36. The number of hydrogen-bond acceptors (Lipinski definition) is 4. The molecule has 0 unspecified atom stereocenters. The smallest absolute Gasteiger partial charge is 0.227 e. The van der Waals surface area contributed by atoms with Crippen LogP contribution < -0.4 is 5.32 Å².